The van der Waals surface area contributed by atoms with Gasteiger partial charge in [0.2, 0.25) is 0 Å². The molecule has 1 aliphatic rings. The molecule has 1 aliphatic carbocycles. The van der Waals surface area contributed by atoms with Gasteiger partial charge in [0.1, 0.15) is 0 Å². The van der Waals surface area contributed by atoms with Crippen LogP contribution in [0.15, 0.2) is 0 Å². The van der Waals surface area contributed by atoms with Crippen LogP contribution in [0, 0.1) is 0 Å². The van der Waals surface area contributed by atoms with Gasteiger partial charge in [-0.25, -0.2) is 0 Å². The fourth-order valence-electron chi connectivity index (χ4n) is 1.53. The minimum atomic E-state index is 0.201. The molecule has 0 bridgehead atoms. The van der Waals surface area contributed by atoms with Gasteiger partial charge in [0.15, 0.2) is 0 Å². The van der Waals surface area contributed by atoms with Crippen LogP contribution < -0.4 is 5.48 Å². The molecule has 0 radical (unpaired) electrons. The Labute approximate surface area is 96.5 Å². The summed E-state index contributed by atoms with van der Waals surface area (Å²) in [5.41, 5.74) is 2.78. The van der Waals surface area contributed by atoms with Crippen LogP contribution in [0.2, 0.25) is 0 Å². The number of rotatable bonds is 7. The lowest BCUT2D eigenvalue weighted by Gasteiger charge is -2.26. The van der Waals surface area contributed by atoms with Crippen LogP contribution in [-0.2, 0) is 18.7 Å². The maximum absolute atomic E-state index is 11.3. The molecule has 1 fully saturated rings. The summed E-state index contributed by atoms with van der Waals surface area (Å²) in [6.07, 6.45) is 5.61. The highest BCUT2D eigenvalue weighted by molar-refractivity contribution is 7.95. The van der Waals surface area contributed by atoms with Crippen molar-refractivity contribution >= 4 is 24.1 Å². The predicted molar refractivity (Wildman–Crippen MR) is 55.7 cm³/mol. The molecule has 1 saturated carbocycles. The second-order valence-electron chi connectivity index (χ2n) is 3.15. The molecular weight excluding hydrogens is 245 g/mol. The van der Waals surface area contributed by atoms with Crippen LogP contribution in [0.4, 0.5) is 4.53 Å². The smallest absolute Gasteiger partial charge is 0.0383 e. The van der Waals surface area contributed by atoms with Crippen molar-refractivity contribution in [3.05, 3.63) is 0 Å². The first-order valence-electron chi connectivity index (χ1n) is 4.59. The third-order valence-electron chi connectivity index (χ3n) is 2.14. The second kappa shape index (κ2) is 8.57. The summed E-state index contributed by atoms with van der Waals surface area (Å²) in [7, 11) is 0. The topological polar surface area (TPSA) is 49.0 Å². The van der Waals surface area contributed by atoms with Gasteiger partial charge in [-0.1, -0.05) is 6.42 Å². The molecule has 8 heteroatoms. The average Bonchev–Trinajstić information content (AvgIpc) is 2.27. The molecule has 0 aromatic rings. The lowest BCUT2D eigenvalue weighted by atomic mass is 9.96. The van der Waals surface area contributed by atoms with E-state index < -0.39 is 0 Å². The van der Waals surface area contributed by atoms with Crippen molar-refractivity contribution in [1.29, 1.82) is 0 Å². The third kappa shape index (κ3) is 5.91. The standard InChI is InChI=1S/C7H14FNO4S2/c1-14-13-11-9-6-3-2-4-7(5-6)15-12-10-8/h6-7,9H,2-5H2,1H3. The summed E-state index contributed by atoms with van der Waals surface area (Å²) in [5, 5.41) is 3.27. The van der Waals surface area contributed by atoms with Gasteiger partial charge >= 0.3 is 0 Å². The van der Waals surface area contributed by atoms with E-state index in [1.54, 1.807) is 6.26 Å². The fraction of sp³-hybridized carbons (Fsp3) is 1.00. The average molecular weight is 259 g/mol. The zero-order valence-corrected chi connectivity index (χ0v) is 9.94. The summed E-state index contributed by atoms with van der Waals surface area (Å²) < 4.78 is 20.1. The summed E-state index contributed by atoms with van der Waals surface area (Å²) in [6, 6.07) is 0.201. The Hall–Kier alpha value is 0.430. The molecule has 0 aromatic carbocycles. The molecule has 0 aliphatic heterocycles. The van der Waals surface area contributed by atoms with Crippen molar-refractivity contribution in [2.45, 2.75) is 37.0 Å². The van der Waals surface area contributed by atoms with E-state index in [0.717, 1.165) is 49.8 Å². The maximum atomic E-state index is 11.3. The van der Waals surface area contributed by atoms with E-state index in [4.69, 9.17) is 4.99 Å². The van der Waals surface area contributed by atoms with Gasteiger partial charge in [-0.05, 0) is 28.9 Å². The molecule has 0 heterocycles. The highest BCUT2D eigenvalue weighted by Crippen LogP contribution is 2.29. The largest absolute Gasteiger partial charge is 0.165 e. The monoisotopic (exact) mass is 259 g/mol. The Balaban J connectivity index is 2.11. The maximum Gasteiger partial charge on any atom is 0.0383 e. The van der Waals surface area contributed by atoms with Gasteiger partial charge in [-0.3, -0.25) is 0 Å². The lowest BCUT2D eigenvalue weighted by Crippen LogP contribution is -2.34. The molecule has 0 amide bonds. The van der Waals surface area contributed by atoms with Crippen LogP contribution in [-0.4, -0.2) is 17.5 Å². The first kappa shape index (κ1) is 13.5. The first-order valence-corrected chi connectivity index (χ1v) is 6.55. The van der Waals surface area contributed by atoms with Crippen molar-refractivity contribution in [3.63, 3.8) is 0 Å². The van der Waals surface area contributed by atoms with Crippen molar-refractivity contribution in [3.8, 4) is 0 Å². The predicted octanol–water partition coefficient (Wildman–Crippen LogP) is 2.51. The van der Waals surface area contributed by atoms with Crippen molar-refractivity contribution in [2.75, 3.05) is 6.26 Å². The third-order valence-corrected chi connectivity index (χ3v) is 3.18. The molecule has 2 atom stereocenters. The number of hydrogen-bond donors (Lipinski definition) is 1. The van der Waals surface area contributed by atoms with E-state index >= 15 is 0 Å². The molecule has 2 unspecified atom stereocenters. The number of nitrogens with one attached hydrogen (secondary N) is 1. The molecule has 0 saturated heterocycles. The Morgan fingerprint density at radius 3 is 2.93 bits per heavy atom. The lowest BCUT2D eigenvalue weighted by molar-refractivity contribution is -0.359. The summed E-state index contributed by atoms with van der Waals surface area (Å²) in [5.74, 6) is 0. The van der Waals surface area contributed by atoms with Gasteiger partial charge in [0.05, 0.1) is 0 Å². The molecule has 15 heavy (non-hydrogen) atoms. The van der Waals surface area contributed by atoms with Crippen LogP contribution in [0.1, 0.15) is 25.7 Å². The van der Waals surface area contributed by atoms with Crippen molar-refractivity contribution < 1.29 is 23.3 Å². The number of halogens is 1. The molecule has 0 spiro atoms. The fourth-order valence-corrected chi connectivity index (χ4v) is 2.35. The Morgan fingerprint density at radius 1 is 1.33 bits per heavy atom. The number of hydroxylamine groups is 1. The van der Waals surface area contributed by atoms with Crippen LogP contribution in [0.25, 0.3) is 0 Å². The van der Waals surface area contributed by atoms with Gasteiger partial charge < -0.3 is 0 Å². The second-order valence-corrected chi connectivity index (χ2v) is 4.61. The normalized spacial score (nSPS) is 26.8. The van der Waals surface area contributed by atoms with Gasteiger partial charge in [-0.15, -0.1) is 13.7 Å². The van der Waals surface area contributed by atoms with E-state index in [1.165, 1.54) is 0 Å². The van der Waals surface area contributed by atoms with Crippen LogP contribution in [0.3, 0.4) is 0 Å². The van der Waals surface area contributed by atoms with Crippen molar-refractivity contribution in [2.24, 2.45) is 0 Å². The minimum absolute atomic E-state index is 0.201. The van der Waals surface area contributed by atoms with Gasteiger partial charge in [0, 0.05) is 41.6 Å². The zero-order valence-electron chi connectivity index (χ0n) is 8.31. The van der Waals surface area contributed by atoms with E-state index in [9.17, 15) is 4.53 Å². The summed E-state index contributed by atoms with van der Waals surface area (Å²) in [4.78, 5) is 4.73. The molecule has 5 nitrogen and oxygen atoms in total. The van der Waals surface area contributed by atoms with E-state index in [2.05, 4.69) is 19.2 Å². The van der Waals surface area contributed by atoms with Gasteiger partial charge in [0.25, 0.3) is 0 Å². The van der Waals surface area contributed by atoms with Crippen molar-refractivity contribution in [1.82, 2.24) is 5.48 Å². The van der Waals surface area contributed by atoms with E-state index in [-0.39, 0.29) is 11.3 Å². The van der Waals surface area contributed by atoms with Gasteiger partial charge in [-0.2, -0.15) is 5.48 Å². The number of hydrogen-bond acceptors (Lipinski definition) is 7. The zero-order chi connectivity index (χ0) is 10.9. The quantitative estimate of drug-likeness (QED) is 0.326. The summed E-state index contributed by atoms with van der Waals surface area (Å²) in [6.45, 7) is 0. The Morgan fingerprint density at radius 2 is 2.20 bits per heavy atom. The molecule has 0 aromatic heterocycles. The van der Waals surface area contributed by atoms with Crippen LogP contribution >= 0.6 is 24.1 Å². The molecule has 1 N–H and O–H groups in total. The Kier molecular flexibility index (Phi) is 7.71. The summed E-state index contributed by atoms with van der Waals surface area (Å²) >= 11 is 2.12. The highest BCUT2D eigenvalue weighted by Gasteiger charge is 2.23. The molecular formula is C7H14FNO4S2. The van der Waals surface area contributed by atoms with E-state index in [1.807, 2.05) is 0 Å². The first-order chi connectivity index (χ1) is 7.36. The molecule has 90 valence electrons. The Bertz CT molecular complexity index is 168. The van der Waals surface area contributed by atoms with Crippen LogP contribution in [0.5, 0.6) is 0 Å². The van der Waals surface area contributed by atoms with E-state index in [0.29, 0.717) is 0 Å². The highest BCUT2D eigenvalue weighted by atomic mass is 32.2. The SMILES string of the molecule is CSOONC1CCCC(SOOF)C1. The molecule has 1 rings (SSSR count). The minimum Gasteiger partial charge on any atom is -0.165 e.